The zero-order chi connectivity index (χ0) is 28.9. The van der Waals surface area contributed by atoms with Crippen LogP contribution >= 0.6 is 23.1 Å². The molecule has 2 N–H and O–H groups in total. The summed E-state index contributed by atoms with van der Waals surface area (Å²) in [6, 6.07) is 17.2. The van der Waals surface area contributed by atoms with E-state index in [9.17, 15) is 23.1 Å². The van der Waals surface area contributed by atoms with Crippen LogP contribution in [0.4, 0.5) is 4.79 Å². The molecule has 40 heavy (non-hydrogen) atoms. The Hall–Kier alpha value is -3.61. The number of hydrogen-bond donors (Lipinski definition) is 2. The van der Waals surface area contributed by atoms with E-state index in [-0.39, 0.29) is 23.1 Å². The van der Waals surface area contributed by atoms with Crippen LogP contribution in [-0.4, -0.2) is 41.4 Å². The smallest absolute Gasteiger partial charge is 0.421 e. The molecule has 2 aromatic carbocycles. The fourth-order valence-corrected chi connectivity index (χ4v) is 6.47. The Balaban J connectivity index is 1.58. The Morgan fingerprint density at radius 1 is 1.12 bits per heavy atom. The number of aromatic nitrogens is 2. The van der Waals surface area contributed by atoms with Crippen molar-refractivity contribution in [3.05, 3.63) is 88.0 Å². The maximum Gasteiger partial charge on any atom is 0.421 e. The van der Waals surface area contributed by atoms with Gasteiger partial charge in [-0.05, 0) is 41.3 Å². The van der Waals surface area contributed by atoms with Gasteiger partial charge in [0.2, 0.25) is 0 Å². The third kappa shape index (κ3) is 6.57. The lowest BCUT2D eigenvalue weighted by molar-refractivity contribution is 0.0680. The van der Waals surface area contributed by atoms with Gasteiger partial charge in [-0.1, -0.05) is 62.4 Å². The summed E-state index contributed by atoms with van der Waals surface area (Å²) in [4.78, 5) is 29.7. The first-order valence-corrected chi connectivity index (χ1v) is 16.0. The summed E-state index contributed by atoms with van der Waals surface area (Å²) in [6.07, 6.45) is 1.55. The largest absolute Gasteiger partial charge is 0.476 e. The number of nitrogens with one attached hydrogen (secondary N) is 1. The van der Waals surface area contributed by atoms with Crippen LogP contribution in [0.3, 0.4) is 0 Å². The number of benzene rings is 2. The first-order valence-electron chi connectivity index (χ1n) is 12.4. The van der Waals surface area contributed by atoms with Crippen molar-refractivity contribution in [2.45, 2.75) is 49.3 Å². The van der Waals surface area contributed by atoms with Gasteiger partial charge in [0.25, 0.3) is 10.0 Å². The van der Waals surface area contributed by atoms with E-state index in [4.69, 9.17) is 4.74 Å². The second kappa shape index (κ2) is 12.7. The minimum absolute atomic E-state index is 0.0280. The number of imidazole rings is 1. The number of thioether (sulfide) groups is 1. The Bertz CT molecular complexity index is 1600. The number of ether oxygens (including phenoxy) is 1. The Kier molecular flexibility index (Phi) is 9.33. The molecule has 1 amide bonds. The van der Waals surface area contributed by atoms with Crippen LogP contribution in [-0.2, 0) is 27.9 Å². The molecule has 9 nitrogen and oxygen atoms in total. The summed E-state index contributed by atoms with van der Waals surface area (Å²) in [5.74, 6) is -0.259. The summed E-state index contributed by atoms with van der Waals surface area (Å²) in [5.41, 5.74) is 2.01. The van der Waals surface area contributed by atoms with Crippen molar-refractivity contribution in [1.29, 1.82) is 0 Å². The average Bonchev–Trinajstić information content (AvgIpc) is 3.60. The third-order valence-corrected chi connectivity index (χ3v) is 9.23. The number of carbonyl (C=O) groups excluding carboxylic acids is 1. The van der Waals surface area contributed by atoms with E-state index >= 15 is 0 Å². The van der Waals surface area contributed by atoms with Gasteiger partial charge in [0.15, 0.2) is 5.69 Å². The van der Waals surface area contributed by atoms with Gasteiger partial charge in [0, 0.05) is 22.9 Å². The molecule has 1 atom stereocenters. The number of carbonyl (C=O) groups is 2. The highest BCUT2D eigenvalue weighted by Gasteiger charge is 2.25. The molecule has 0 aliphatic rings. The summed E-state index contributed by atoms with van der Waals surface area (Å²) in [6.45, 7) is 4.31. The van der Waals surface area contributed by atoms with E-state index in [1.165, 1.54) is 29.2 Å². The lowest BCUT2D eigenvalue weighted by atomic mass is 10.0. The highest BCUT2D eigenvalue weighted by atomic mass is 32.2. The number of amides is 1. The van der Waals surface area contributed by atoms with Crippen molar-refractivity contribution < 1.29 is 27.9 Å². The molecular weight excluding hydrogens is 571 g/mol. The van der Waals surface area contributed by atoms with Gasteiger partial charge in [-0.3, -0.25) is 0 Å². The molecule has 0 fully saturated rings. The molecule has 210 valence electrons. The topological polar surface area (TPSA) is 128 Å². The number of hydrogen-bond acceptors (Lipinski definition) is 8. The van der Waals surface area contributed by atoms with Gasteiger partial charge < -0.3 is 14.4 Å². The predicted octanol–water partition coefficient (Wildman–Crippen LogP) is 6.21. The van der Waals surface area contributed by atoms with Crippen LogP contribution < -0.4 is 4.72 Å². The zero-order valence-corrected chi connectivity index (χ0v) is 24.6. The average molecular weight is 600 g/mol. The van der Waals surface area contributed by atoms with Gasteiger partial charge in [0.1, 0.15) is 17.5 Å². The van der Waals surface area contributed by atoms with Gasteiger partial charge in [-0.15, -0.1) is 23.1 Å². The van der Waals surface area contributed by atoms with E-state index in [1.807, 2.05) is 42.1 Å². The second-order valence-electron chi connectivity index (χ2n) is 8.98. The first kappa shape index (κ1) is 29.4. The number of thiophene rings is 1. The minimum atomic E-state index is -4.22. The lowest BCUT2D eigenvalue weighted by Gasteiger charge is -2.15. The van der Waals surface area contributed by atoms with Crippen LogP contribution in [0.5, 0.6) is 0 Å². The normalized spacial score (nSPS) is 12.2. The van der Waals surface area contributed by atoms with Gasteiger partial charge in [-0.25, -0.2) is 27.7 Å². The Morgan fingerprint density at radius 3 is 2.48 bits per heavy atom. The van der Waals surface area contributed by atoms with Crippen molar-refractivity contribution in [2.75, 3.05) is 6.26 Å². The maximum absolute atomic E-state index is 13.1. The number of aromatic carboxylic acids is 1. The molecule has 12 heteroatoms. The monoisotopic (exact) mass is 599 g/mol. The fraction of sp³-hybridized carbons (Fsp3) is 0.250. The molecular formula is C28H29N3O6S3. The van der Waals surface area contributed by atoms with Crippen molar-refractivity contribution in [1.82, 2.24) is 14.3 Å². The molecule has 0 bridgehead atoms. The van der Waals surface area contributed by atoms with E-state index < -0.39 is 22.1 Å². The lowest BCUT2D eigenvalue weighted by Crippen LogP contribution is -2.31. The van der Waals surface area contributed by atoms with Crippen molar-refractivity contribution in [3.8, 4) is 11.1 Å². The first-order chi connectivity index (χ1) is 19.1. The quantitative estimate of drug-likeness (QED) is 0.195. The van der Waals surface area contributed by atoms with Gasteiger partial charge in [-0.2, -0.15) is 0 Å². The van der Waals surface area contributed by atoms with Crippen LogP contribution in [0.2, 0.25) is 0 Å². The standard InChI is InChI=1S/C28H29N3O6S3/c1-4-18(2)25-29-26(38-3)24(27(32)33)31(25)16-19-11-13-20(14-12-19)22-9-5-6-10-23(22)40(35,36)30-28(34)37-17-21-8-7-15-39-21/h5-15,18H,4,16-17H2,1-3H3,(H,30,34)(H,32,33). The van der Waals surface area contributed by atoms with Crippen LogP contribution in [0.15, 0.2) is 76.0 Å². The second-order valence-corrected chi connectivity index (χ2v) is 12.5. The van der Waals surface area contributed by atoms with E-state index in [2.05, 4.69) is 4.98 Å². The summed E-state index contributed by atoms with van der Waals surface area (Å²) in [5, 5.41) is 12.2. The number of nitrogens with zero attached hydrogens (tertiary/aromatic N) is 2. The fourth-order valence-electron chi connectivity index (χ4n) is 4.15. The third-order valence-electron chi connectivity index (χ3n) is 6.34. The van der Waals surface area contributed by atoms with Crippen molar-refractivity contribution in [2.24, 2.45) is 0 Å². The van der Waals surface area contributed by atoms with Crippen molar-refractivity contribution in [3.63, 3.8) is 0 Å². The van der Waals surface area contributed by atoms with Crippen LogP contribution in [0.1, 0.15) is 52.9 Å². The number of carboxylic acids is 1. The predicted molar refractivity (Wildman–Crippen MR) is 155 cm³/mol. The molecule has 1 unspecified atom stereocenters. The maximum atomic E-state index is 13.1. The summed E-state index contributed by atoms with van der Waals surface area (Å²) in [7, 11) is -4.22. The molecule has 0 saturated carbocycles. The van der Waals surface area contributed by atoms with Crippen LogP contribution in [0.25, 0.3) is 11.1 Å². The number of sulfonamides is 1. The minimum Gasteiger partial charge on any atom is -0.476 e. The molecule has 4 rings (SSSR count). The molecule has 2 heterocycles. The molecule has 0 aliphatic carbocycles. The molecule has 0 radical (unpaired) electrons. The summed E-state index contributed by atoms with van der Waals surface area (Å²) < 4.78 is 35.0. The number of carboxylic acid groups (broad SMARTS) is 1. The molecule has 0 spiro atoms. The van der Waals surface area contributed by atoms with Crippen molar-refractivity contribution >= 4 is 45.2 Å². The van der Waals surface area contributed by atoms with Gasteiger partial charge >= 0.3 is 12.1 Å². The van der Waals surface area contributed by atoms with E-state index in [0.717, 1.165) is 16.9 Å². The molecule has 4 aromatic rings. The highest BCUT2D eigenvalue weighted by Crippen LogP contribution is 2.30. The Labute approximate surface area is 241 Å². The highest BCUT2D eigenvalue weighted by molar-refractivity contribution is 7.98. The SMILES string of the molecule is CCC(C)c1nc(SC)c(C(=O)O)n1Cc1ccc(-c2ccccc2S(=O)(=O)NC(=O)OCc2cccs2)cc1. The molecule has 0 aliphatic heterocycles. The summed E-state index contributed by atoms with van der Waals surface area (Å²) >= 11 is 2.70. The van der Waals surface area contributed by atoms with E-state index in [0.29, 0.717) is 28.5 Å². The zero-order valence-electron chi connectivity index (χ0n) is 22.2. The number of rotatable bonds is 11. The Morgan fingerprint density at radius 2 is 1.85 bits per heavy atom. The molecule has 0 saturated heterocycles. The van der Waals surface area contributed by atoms with Gasteiger partial charge in [0.05, 0.1) is 4.90 Å². The van der Waals surface area contributed by atoms with Crippen LogP contribution in [0, 0.1) is 0 Å². The molecule has 2 aromatic heterocycles. The van der Waals surface area contributed by atoms with E-state index in [1.54, 1.807) is 47.2 Å².